The minimum absolute atomic E-state index is 0.0127. The number of ether oxygens (including phenoxy) is 2. The summed E-state index contributed by atoms with van der Waals surface area (Å²) in [6.07, 6.45) is 2.98. The standard InChI is InChI=1S/C21H20N2O4S/c1-3-26-21(24)19-17(12-28-15-6-4-13(2)5-7-15)27-20(23)16(10-22)18(19)14-8-9-25-11-14/h4-9,11,18H,3,12,23H2,1-2H3. The van der Waals surface area contributed by atoms with Gasteiger partial charge in [0.1, 0.15) is 17.4 Å². The minimum Gasteiger partial charge on any atom is -0.472 e. The highest BCUT2D eigenvalue weighted by molar-refractivity contribution is 7.99. The Morgan fingerprint density at radius 3 is 2.68 bits per heavy atom. The third-order valence-electron chi connectivity index (χ3n) is 4.26. The molecule has 1 atom stereocenters. The van der Waals surface area contributed by atoms with Crippen LogP contribution >= 0.6 is 11.8 Å². The molecule has 28 heavy (non-hydrogen) atoms. The van der Waals surface area contributed by atoms with Crippen molar-refractivity contribution in [1.29, 1.82) is 5.26 Å². The molecule has 0 fully saturated rings. The number of esters is 1. The van der Waals surface area contributed by atoms with E-state index >= 15 is 0 Å². The fraction of sp³-hybridized carbons (Fsp3) is 0.238. The first kappa shape index (κ1) is 19.6. The van der Waals surface area contributed by atoms with E-state index in [0.29, 0.717) is 17.1 Å². The Hall–Kier alpha value is -3.11. The van der Waals surface area contributed by atoms with Gasteiger partial charge in [0.05, 0.1) is 36.4 Å². The monoisotopic (exact) mass is 396 g/mol. The van der Waals surface area contributed by atoms with Crippen LogP contribution in [-0.2, 0) is 14.3 Å². The first-order chi connectivity index (χ1) is 13.5. The molecule has 2 N–H and O–H groups in total. The molecule has 0 spiro atoms. The van der Waals surface area contributed by atoms with E-state index in [9.17, 15) is 10.1 Å². The lowest BCUT2D eigenvalue weighted by Crippen LogP contribution is -2.26. The predicted molar refractivity (Wildman–Crippen MR) is 105 cm³/mol. The molecular formula is C21H20N2O4S. The molecule has 7 heteroatoms. The van der Waals surface area contributed by atoms with Gasteiger partial charge in [-0.3, -0.25) is 0 Å². The normalized spacial score (nSPS) is 16.5. The summed E-state index contributed by atoms with van der Waals surface area (Å²) in [5.41, 5.74) is 8.25. The molecule has 1 unspecified atom stereocenters. The third kappa shape index (κ3) is 4.07. The van der Waals surface area contributed by atoms with E-state index < -0.39 is 11.9 Å². The Morgan fingerprint density at radius 2 is 2.07 bits per heavy atom. The summed E-state index contributed by atoms with van der Waals surface area (Å²) >= 11 is 1.51. The fourth-order valence-corrected chi connectivity index (χ4v) is 3.75. The first-order valence-electron chi connectivity index (χ1n) is 8.74. The van der Waals surface area contributed by atoms with Crippen molar-refractivity contribution in [2.45, 2.75) is 24.7 Å². The van der Waals surface area contributed by atoms with Crippen LogP contribution in [0.3, 0.4) is 0 Å². The summed E-state index contributed by atoms with van der Waals surface area (Å²) in [6, 6.07) is 11.8. The molecule has 0 saturated carbocycles. The van der Waals surface area contributed by atoms with E-state index in [2.05, 4.69) is 6.07 Å². The van der Waals surface area contributed by atoms with Crippen molar-refractivity contribution >= 4 is 17.7 Å². The zero-order valence-corrected chi connectivity index (χ0v) is 16.4. The highest BCUT2D eigenvalue weighted by Crippen LogP contribution is 2.41. The van der Waals surface area contributed by atoms with Crippen molar-refractivity contribution in [1.82, 2.24) is 0 Å². The molecule has 2 aromatic rings. The minimum atomic E-state index is -0.690. The number of thioether (sulfide) groups is 1. The molecule has 0 bridgehead atoms. The lowest BCUT2D eigenvalue weighted by Gasteiger charge is -2.27. The van der Waals surface area contributed by atoms with E-state index in [4.69, 9.17) is 19.6 Å². The number of carbonyl (C=O) groups excluding carboxylic acids is 1. The highest BCUT2D eigenvalue weighted by Gasteiger charge is 2.38. The van der Waals surface area contributed by atoms with Gasteiger partial charge in [-0.05, 0) is 32.0 Å². The van der Waals surface area contributed by atoms with Crippen LogP contribution in [0.5, 0.6) is 0 Å². The molecule has 6 nitrogen and oxygen atoms in total. The maximum absolute atomic E-state index is 12.8. The van der Waals surface area contributed by atoms with Gasteiger partial charge >= 0.3 is 5.97 Å². The summed E-state index contributed by atoms with van der Waals surface area (Å²) in [7, 11) is 0. The number of nitrogens with zero attached hydrogens (tertiary/aromatic N) is 1. The van der Waals surface area contributed by atoms with Crippen LogP contribution < -0.4 is 5.73 Å². The lowest BCUT2D eigenvalue weighted by molar-refractivity contribution is -0.139. The van der Waals surface area contributed by atoms with Crippen LogP contribution in [0, 0.1) is 18.3 Å². The topological polar surface area (TPSA) is 98.5 Å². The maximum Gasteiger partial charge on any atom is 0.338 e. The first-order valence-corrected chi connectivity index (χ1v) is 9.73. The predicted octanol–water partition coefficient (Wildman–Crippen LogP) is 4.01. The number of allylic oxidation sites excluding steroid dienone is 1. The van der Waals surface area contributed by atoms with Gasteiger partial charge < -0.3 is 19.6 Å². The van der Waals surface area contributed by atoms with Gasteiger partial charge in [0, 0.05) is 10.5 Å². The van der Waals surface area contributed by atoms with Gasteiger partial charge in [-0.15, -0.1) is 11.8 Å². The summed E-state index contributed by atoms with van der Waals surface area (Å²) in [4.78, 5) is 13.8. The van der Waals surface area contributed by atoms with Gasteiger partial charge in [-0.2, -0.15) is 5.26 Å². The van der Waals surface area contributed by atoms with Crippen LogP contribution in [0.2, 0.25) is 0 Å². The average molecular weight is 396 g/mol. The molecule has 1 aromatic heterocycles. The molecule has 144 valence electrons. The maximum atomic E-state index is 12.8. The van der Waals surface area contributed by atoms with Crippen molar-refractivity contribution in [3.8, 4) is 6.07 Å². The van der Waals surface area contributed by atoms with E-state index in [-0.39, 0.29) is 23.6 Å². The molecule has 2 heterocycles. The van der Waals surface area contributed by atoms with E-state index in [1.54, 1.807) is 13.0 Å². The molecule has 0 radical (unpaired) electrons. The van der Waals surface area contributed by atoms with E-state index in [0.717, 1.165) is 10.5 Å². The molecule has 0 aliphatic carbocycles. The number of hydrogen-bond acceptors (Lipinski definition) is 7. The Bertz CT molecular complexity index is 953. The average Bonchev–Trinajstić information content (AvgIpc) is 3.21. The van der Waals surface area contributed by atoms with Crippen molar-refractivity contribution in [2.75, 3.05) is 12.4 Å². The second-order valence-electron chi connectivity index (χ2n) is 6.14. The second kappa shape index (κ2) is 8.72. The zero-order chi connectivity index (χ0) is 20.1. The van der Waals surface area contributed by atoms with E-state index in [1.165, 1.54) is 24.3 Å². The van der Waals surface area contributed by atoms with Crippen molar-refractivity contribution in [3.63, 3.8) is 0 Å². The van der Waals surface area contributed by atoms with Gasteiger partial charge in [-0.25, -0.2) is 4.79 Å². The van der Waals surface area contributed by atoms with E-state index in [1.807, 2.05) is 31.2 Å². The van der Waals surface area contributed by atoms with Crippen LogP contribution in [0.4, 0.5) is 0 Å². The highest BCUT2D eigenvalue weighted by atomic mass is 32.2. The van der Waals surface area contributed by atoms with Gasteiger partial charge in [-0.1, -0.05) is 17.7 Å². The number of nitrogens with two attached hydrogens (primary N) is 1. The number of hydrogen-bond donors (Lipinski definition) is 1. The molecular weight excluding hydrogens is 376 g/mol. The Balaban J connectivity index is 2.01. The van der Waals surface area contributed by atoms with Gasteiger partial charge in [0.15, 0.2) is 0 Å². The van der Waals surface area contributed by atoms with Crippen molar-refractivity contribution in [3.05, 3.63) is 76.8 Å². The Kier molecular flexibility index (Phi) is 6.12. The molecule has 3 rings (SSSR count). The number of rotatable bonds is 6. The summed E-state index contributed by atoms with van der Waals surface area (Å²) in [6.45, 7) is 3.95. The second-order valence-corrected chi connectivity index (χ2v) is 7.19. The lowest BCUT2D eigenvalue weighted by atomic mass is 9.84. The SMILES string of the molecule is CCOC(=O)C1=C(CSc2ccc(C)cc2)OC(N)=C(C#N)C1c1ccoc1. The largest absolute Gasteiger partial charge is 0.472 e. The number of furan rings is 1. The van der Waals surface area contributed by atoms with Crippen LogP contribution in [0.15, 0.2) is 75.0 Å². The number of benzene rings is 1. The Morgan fingerprint density at radius 1 is 1.32 bits per heavy atom. The van der Waals surface area contributed by atoms with Gasteiger partial charge in [0.2, 0.25) is 5.88 Å². The number of aryl methyl sites for hydroxylation is 1. The molecule has 1 aromatic carbocycles. The molecule has 1 aliphatic rings. The molecule has 0 saturated heterocycles. The van der Waals surface area contributed by atoms with Crippen LogP contribution in [0.1, 0.15) is 24.0 Å². The molecule has 1 aliphatic heterocycles. The smallest absolute Gasteiger partial charge is 0.338 e. The number of nitriles is 1. The van der Waals surface area contributed by atoms with Gasteiger partial charge in [0.25, 0.3) is 0 Å². The Labute approximate surface area is 167 Å². The quantitative estimate of drug-likeness (QED) is 0.582. The van der Waals surface area contributed by atoms with Crippen LogP contribution in [-0.4, -0.2) is 18.3 Å². The number of carbonyl (C=O) groups is 1. The van der Waals surface area contributed by atoms with Crippen molar-refractivity contribution < 1.29 is 18.7 Å². The summed E-state index contributed by atoms with van der Waals surface area (Å²) < 4.78 is 16.1. The summed E-state index contributed by atoms with van der Waals surface area (Å²) in [5, 5.41) is 9.60. The summed E-state index contributed by atoms with van der Waals surface area (Å²) in [5.74, 6) is -0.489. The fourth-order valence-electron chi connectivity index (χ4n) is 2.91. The van der Waals surface area contributed by atoms with Crippen LogP contribution in [0.25, 0.3) is 0 Å². The van der Waals surface area contributed by atoms with Crippen molar-refractivity contribution in [2.24, 2.45) is 5.73 Å². The zero-order valence-electron chi connectivity index (χ0n) is 15.6. The molecule has 0 amide bonds. The third-order valence-corrected chi connectivity index (χ3v) is 5.27.